The molecule has 0 saturated carbocycles. The average Bonchev–Trinajstić information content (AvgIpc) is 2.66. The van der Waals surface area contributed by atoms with Crippen LogP contribution in [0.1, 0.15) is 16.7 Å². The molecule has 27 heavy (non-hydrogen) atoms. The largest absolute Gasteiger partial charge is 0.493 e. The van der Waals surface area contributed by atoms with E-state index in [0.29, 0.717) is 28.6 Å². The fourth-order valence-electron chi connectivity index (χ4n) is 2.99. The van der Waals surface area contributed by atoms with Crippen molar-refractivity contribution in [2.75, 3.05) is 20.8 Å². The van der Waals surface area contributed by atoms with Crippen LogP contribution in [-0.4, -0.2) is 20.8 Å². The van der Waals surface area contributed by atoms with Gasteiger partial charge in [0.2, 0.25) is 0 Å². The second-order valence-corrected chi connectivity index (χ2v) is 6.71. The Labute approximate surface area is 162 Å². The zero-order chi connectivity index (χ0) is 19.4. The SMILES string of the molecule is COc1ccc(CCNCc2cc(=O)oc3cc(C)c(Cl)cc23)cc1OC. The molecule has 0 atom stereocenters. The third-order valence-corrected chi connectivity index (χ3v) is 4.87. The number of aryl methyl sites for hydroxylation is 1. The van der Waals surface area contributed by atoms with Gasteiger partial charge in [-0.15, -0.1) is 0 Å². The molecule has 0 aliphatic heterocycles. The molecule has 0 radical (unpaired) electrons. The predicted molar refractivity (Wildman–Crippen MR) is 107 cm³/mol. The van der Waals surface area contributed by atoms with Crippen LogP contribution >= 0.6 is 11.6 Å². The van der Waals surface area contributed by atoms with Gasteiger partial charge < -0.3 is 19.2 Å². The Morgan fingerprint density at radius 2 is 1.85 bits per heavy atom. The van der Waals surface area contributed by atoms with Crippen LogP contribution in [0, 0.1) is 6.92 Å². The highest BCUT2D eigenvalue weighted by Crippen LogP contribution is 2.28. The molecule has 3 aromatic rings. The first-order valence-corrected chi connectivity index (χ1v) is 9.04. The number of rotatable bonds is 7. The van der Waals surface area contributed by atoms with Crippen molar-refractivity contribution >= 4 is 22.6 Å². The zero-order valence-electron chi connectivity index (χ0n) is 15.6. The Morgan fingerprint density at radius 1 is 1.07 bits per heavy atom. The van der Waals surface area contributed by atoms with Crippen molar-refractivity contribution in [3.05, 3.63) is 68.5 Å². The summed E-state index contributed by atoms with van der Waals surface area (Å²) in [6, 6.07) is 11.0. The van der Waals surface area contributed by atoms with E-state index in [2.05, 4.69) is 5.32 Å². The van der Waals surface area contributed by atoms with Crippen molar-refractivity contribution in [3.8, 4) is 11.5 Å². The zero-order valence-corrected chi connectivity index (χ0v) is 16.4. The molecule has 0 aliphatic rings. The van der Waals surface area contributed by atoms with Crippen LogP contribution < -0.4 is 20.4 Å². The molecule has 142 valence electrons. The van der Waals surface area contributed by atoms with E-state index >= 15 is 0 Å². The molecule has 0 aliphatic carbocycles. The molecular weight excluding hydrogens is 366 g/mol. The Kier molecular flexibility index (Phi) is 6.04. The summed E-state index contributed by atoms with van der Waals surface area (Å²) in [6.45, 7) is 3.18. The highest BCUT2D eigenvalue weighted by atomic mass is 35.5. The van der Waals surface area contributed by atoms with Gasteiger partial charge in [0, 0.05) is 23.0 Å². The minimum Gasteiger partial charge on any atom is -0.493 e. The number of benzene rings is 2. The molecule has 0 saturated heterocycles. The molecule has 3 rings (SSSR count). The van der Waals surface area contributed by atoms with Crippen molar-refractivity contribution in [2.45, 2.75) is 19.9 Å². The third kappa shape index (κ3) is 4.43. The maximum Gasteiger partial charge on any atom is 0.336 e. The maximum atomic E-state index is 11.8. The average molecular weight is 388 g/mol. The summed E-state index contributed by atoms with van der Waals surface area (Å²) in [5.41, 5.74) is 3.08. The van der Waals surface area contributed by atoms with Gasteiger partial charge in [-0.2, -0.15) is 0 Å². The number of ether oxygens (including phenoxy) is 2. The predicted octanol–water partition coefficient (Wildman–Crippen LogP) is 4.10. The lowest BCUT2D eigenvalue weighted by atomic mass is 10.1. The van der Waals surface area contributed by atoms with Gasteiger partial charge >= 0.3 is 5.63 Å². The Balaban J connectivity index is 1.69. The number of halogens is 1. The monoisotopic (exact) mass is 387 g/mol. The molecule has 0 bridgehead atoms. The quantitative estimate of drug-likeness (QED) is 0.488. The minimum absolute atomic E-state index is 0.360. The molecule has 2 aromatic carbocycles. The summed E-state index contributed by atoms with van der Waals surface area (Å²) in [4.78, 5) is 11.8. The smallest absolute Gasteiger partial charge is 0.336 e. The van der Waals surface area contributed by atoms with Crippen molar-refractivity contribution in [2.24, 2.45) is 0 Å². The van der Waals surface area contributed by atoms with E-state index in [0.717, 1.165) is 35.0 Å². The molecule has 0 fully saturated rings. The number of nitrogens with one attached hydrogen (secondary N) is 1. The molecule has 5 nitrogen and oxygen atoms in total. The first-order chi connectivity index (χ1) is 13.0. The van der Waals surface area contributed by atoms with Gasteiger partial charge in [0.25, 0.3) is 0 Å². The summed E-state index contributed by atoms with van der Waals surface area (Å²) in [7, 11) is 3.24. The van der Waals surface area contributed by atoms with Gasteiger partial charge in [0.05, 0.1) is 14.2 Å². The van der Waals surface area contributed by atoms with Crippen LogP contribution in [0.15, 0.2) is 45.6 Å². The number of methoxy groups -OCH3 is 2. The molecule has 1 aromatic heterocycles. The molecular formula is C21H22ClNO4. The molecule has 0 spiro atoms. The molecule has 1 heterocycles. The van der Waals surface area contributed by atoms with Crippen LogP contribution in [0.25, 0.3) is 11.0 Å². The summed E-state index contributed by atoms with van der Waals surface area (Å²) in [5, 5.41) is 4.88. The van der Waals surface area contributed by atoms with E-state index in [-0.39, 0.29) is 5.63 Å². The Hall–Kier alpha value is -2.50. The van der Waals surface area contributed by atoms with Gasteiger partial charge in [-0.05, 0) is 60.8 Å². The normalized spacial score (nSPS) is 11.0. The highest BCUT2D eigenvalue weighted by molar-refractivity contribution is 6.32. The fraction of sp³-hybridized carbons (Fsp3) is 0.286. The van der Waals surface area contributed by atoms with Crippen molar-refractivity contribution in [1.82, 2.24) is 5.32 Å². The van der Waals surface area contributed by atoms with E-state index in [1.165, 1.54) is 6.07 Å². The lowest BCUT2D eigenvalue weighted by molar-refractivity contribution is 0.354. The van der Waals surface area contributed by atoms with E-state index in [1.807, 2.05) is 31.2 Å². The van der Waals surface area contributed by atoms with E-state index < -0.39 is 0 Å². The maximum absolute atomic E-state index is 11.8. The fourth-order valence-corrected chi connectivity index (χ4v) is 3.15. The van der Waals surface area contributed by atoms with Gasteiger partial charge in [0.15, 0.2) is 11.5 Å². The van der Waals surface area contributed by atoms with E-state index in [9.17, 15) is 4.79 Å². The number of fused-ring (bicyclic) bond motifs is 1. The van der Waals surface area contributed by atoms with Crippen molar-refractivity contribution in [1.29, 1.82) is 0 Å². The van der Waals surface area contributed by atoms with E-state index in [1.54, 1.807) is 20.3 Å². The van der Waals surface area contributed by atoms with Gasteiger partial charge in [-0.25, -0.2) is 4.79 Å². The second-order valence-electron chi connectivity index (χ2n) is 6.30. The molecule has 0 unspecified atom stereocenters. The van der Waals surface area contributed by atoms with Gasteiger partial charge in [-0.1, -0.05) is 17.7 Å². The summed E-state index contributed by atoms with van der Waals surface area (Å²) >= 11 is 6.23. The van der Waals surface area contributed by atoms with Gasteiger partial charge in [-0.3, -0.25) is 0 Å². The van der Waals surface area contributed by atoms with Crippen LogP contribution in [0.4, 0.5) is 0 Å². The summed E-state index contributed by atoms with van der Waals surface area (Å²) in [5.74, 6) is 1.43. The second kappa shape index (κ2) is 8.46. The molecule has 0 amide bonds. The summed E-state index contributed by atoms with van der Waals surface area (Å²) in [6.07, 6.45) is 0.819. The Bertz CT molecular complexity index is 1010. The number of hydrogen-bond acceptors (Lipinski definition) is 5. The van der Waals surface area contributed by atoms with Gasteiger partial charge in [0.1, 0.15) is 5.58 Å². The van der Waals surface area contributed by atoms with Crippen LogP contribution in [-0.2, 0) is 13.0 Å². The first kappa shape index (κ1) is 19.3. The lowest BCUT2D eigenvalue weighted by Gasteiger charge is -2.11. The Morgan fingerprint density at radius 3 is 2.59 bits per heavy atom. The van der Waals surface area contributed by atoms with Crippen molar-refractivity contribution < 1.29 is 13.9 Å². The topological polar surface area (TPSA) is 60.7 Å². The van der Waals surface area contributed by atoms with E-state index in [4.69, 9.17) is 25.5 Å². The van der Waals surface area contributed by atoms with Crippen LogP contribution in [0.5, 0.6) is 11.5 Å². The van der Waals surface area contributed by atoms with Crippen molar-refractivity contribution in [3.63, 3.8) is 0 Å². The summed E-state index contributed by atoms with van der Waals surface area (Å²) < 4.78 is 15.9. The highest BCUT2D eigenvalue weighted by Gasteiger charge is 2.09. The molecule has 6 heteroatoms. The standard InChI is InChI=1S/C21H22ClNO4/c1-13-8-19-16(11-17(13)22)15(10-21(24)27-19)12-23-7-6-14-4-5-18(25-2)20(9-14)26-3/h4-5,8-11,23H,6-7,12H2,1-3H3. The van der Waals surface area contributed by atoms with Crippen LogP contribution in [0.3, 0.4) is 0 Å². The first-order valence-electron chi connectivity index (χ1n) is 8.66. The lowest BCUT2D eigenvalue weighted by Crippen LogP contribution is -2.18. The molecule has 1 N–H and O–H groups in total. The number of hydrogen-bond donors (Lipinski definition) is 1. The van der Waals surface area contributed by atoms with Crippen LogP contribution in [0.2, 0.25) is 5.02 Å². The third-order valence-electron chi connectivity index (χ3n) is 4.46. The minimum atomic E-state index is -0.360.